The van der Waals surface area contributed by atoms with Crippen LogP contribution in [0.2, 0.25) is 0 Å². The smallest absolute Gasteiger partial charge is 0.316 e. The van der Waals surface area contributed by atoms with E-state index in [-0.39, 0.29) is 17.5 Å². The van der Waals surface area contributed by atoms with Gasteiger partial charge in [0, 0.05) is 35.3 Å². The third kappa shape index (κ3) is 3.44. The van der Waals surface area contributed by atoms with Crippen LogP contribution in [0.3, 0.4) is 0 Å². The van der Waals surface area contributed by atoms with Crippen LogP contribution in [0.25, 0.3) is 17.0 Å². The van der Waals surface area contributed by atoms with Crippen LogP contribution < -0.4 is 9.47 Å². The van der Waals surface area contributed by atoms with Crippen molar-refractivity contribution < 1.29 is 19.1 Å². The summed E-state index contributed by atoms with van der Waals surface area (Å²) in [5.74, 6) is 0.505. The number of hydrogen-bond donors (Lipinski definition) is 0. The number of aryl methyl sites for hydroxylation is 1. The van der Waals surface area contributed by atoms with Crippen molar-refractivity contribution in [3.8, 4) is 11.5 Å². The molecule has 5 heteroatoms. The number of Topliss-reactive ketones (excluding diaryl/α,β-unsaturated/α-hetero) is 1. The number of fused-ring (bicyclic) bond motifs is 2. The van der Waals surface area contributed by atoms with E-state index in [1.165, 1.54) is 0 Å². The third-order valence-corrected chi connectivity index (χ3v) is 4.91. The number of hydrogen-bond acceptors (Lipinski definition) is 4. The van der Waals surface area contributed by atoms with Crippen molar-refractivity contribution in [2.45, 2.75) is 34.2 Å². The molecule has 0 bridgehead atoms. The first-order valence-electron chi connectivity index (χ1n) is 9.66. The van der Waals surface area contributed by atoms with Gasteiger partial charge in [-0.3, -0.25) is 9.59 Å². The number of allylic oxidation sites excluding steroid dienone is 1. The molecule has 0 unspecified atom stereocenters. The number of ether oxygens (including phenoxy) is 2. The van der Waals surface area contributed by atoms with Gasteiger partial charge in [0.1, 0.15) is 11.5 Å². The van der Waals surface area contributed by atoms with Gasteiger partial charge in [0.2, 0.25) is 5.78 Å². The normalized spacial score (nSPS) is 14.9. The summed E-state index contributed by atoms with van der Waals surface area (Å²) in [5, 5.41) is 1.06. The number of para-hydroxylation sites is 1. The SMILES string of the molecule is CCn1cc(C=C2Oc3cc(OC(=O)C(C)(C)C)ccc3C2=O)c2ccccc21. The first-order valence-corrected chi connectivity index (χ1v) is 9.66. The predicted molar refractivity (Wildman–Crippen MR) is 112 cm³/mol. The highest BCUT2D eigenvalue weighted by Gasteiger charge is 2.29. The summed E-state index contributed by atoms with van der Waals surface area (Å²) in [5.41, 5.74) is 1.89. The summed E-state index contributed by atoms with van der Waals surface area (Å²) < 4.78 is 13.4. The Bertz CT molecular complexity index is 1160. The van der Waals surface area contributed by atoms with Gasteiger partial charge in [-0.05, 0) is 52.0 Å². The van der Waals surface area contributed by atoms with E-state index < -0.39 is 5.41 Å². The maximum absolute atomic E-state index is 12.8. The maximum atomic E-state index is 12.8. The predicted octanol–water partition coefficient (Wildman–Crippen LogP) is 5.23. The molecule has 0 amide bonds. The van der Waals surface area contributed by atoms with Gasteiger partial charge >= 0.3 is 5.97 Å². The van der Waals surface area contributed by atoms with E-state index in [0.29, 0.717) is 17.1 Å². The molecule has 1 aliphatic rings. The van der Waals surface area contributed by atoms with Crippen molar-refractivity contribution in [1.82, 2.24) is 4.57 Å². The van der Waals surface area contributed by atoms with Gasteiger partial charge in [0.15, 0.2) is 5.76 Å². The quantitative estimate of drug-likeness (QED) is 0.350. The molecule has 1 aromatic heterocycles. The van der Waals surface area contributed by atoms with Gasteiger partial charge in [0.05, 0.1) is 11.0 Å². The van der Waals surface area contributed by atoms with E-state index in [2.05, 4.69) is 17.6 Å². The molecule has 2 aromatic carbocycles. The second-order valence-corrected chi connectivity index (χ2v) is 8.12. The molecule has 0 spiro atoms. The van der Waals surface area contributed by atoms with Crippen molar-refractivity contribution >= 4 is 28.7 Å². The molecule has 0 saturated carbocycles. The molecule has 0 saturated heterocycles. The maximum Gasteiger partial charge on any atom is 0.316 e. The van der Waals surface area contributed by atoms with Gasteiger partial charge < -0.3 is 14.0 Å². The Morgan fingerprint density at radius 3 is 2.66 bits per heavy atom. The van der Waals surface area contributed by atoms with Crippen LogP contribution in [0.5, 0.6) is 11.5 Å². The lowest BCUT2D eigenvalue weighted by Crippen LogP contribution is -2.25. The Hall–Kier alpha value is -3.34. The van der Waals surface area contributed by atoms with E-state index in [0.717, 1.165) is 23.0 Å². The lowest BCUT2D eigenvalue weighted by Gasteiger charge is -2.16. The average Bonchev–Trinajstić information content (AvgIpc) is 3.19. The van der Waals surface area contributed by atoms with E-state index in [4.69, 9.17) is 9.47 Å². The molecule has 0 fully saturated rings. The van der Waals surface area contributed by atoms with Crippen LogP contribution in [-0.2, 0) is 11.3 Å². The van der Waals surface area contributed by atoms with Crippen molar-refractivity contribution in [3.63, 3.8) is 0 Å². The van der Waals surface area contributed by atoms with E-state index >= 15 is 0 Å². The van der Waals surface area contributed by atoms with Crippen molar-refractivity contribution in [3.05, 3.63) is 65.5 Å². The summed E-state index contributed by atoms with van der Waals surface area (Å²) in [6.45, 7) is 8.28. The lowest BCUT2D eigenvalue weighted by molar-refractivity contribution is -0.143. The number of aromatic nitrogens is 1. The molecular formula is C24H23NO4. The minimum atomic E-state index is -0.617. The van der Waals surface area contributed by atoms with Crippen molar-refractivity contribution in [2.24, 2.45) is 5.41 Å². The number of rotatable bonds is 3. The van der Waals surface area contributed by atoms with Gasteiger partial charge in [-0.25, -0.2) is 0 Å². The molecule has 0 N–H and O–H groups in total. The number of benzene rings is 2. The number of carbonyl (C=O) groups excluding carboxylic acids is 2. The van der Waals surface area contributed by atoms with Gasteiger partial charge in [-0.15, -0.1) is 0 Å². The van der Waals surface area contributed by atoms with Gasteiger partial charge in [-0.1, -0.05) is 18.2 Å². The average molecular weight is 389 g/mol. The second kappa shape index (κ2) is 6.92. The molecule has 5 nitrogen and oxygen atoms in total. The highest BCUT2D eigenvalue weighted by atomic mass is 16.5. The van der Waals surface area contributed by atoms with Crippen molar-refractivity contribution in [1.29, 1.82) is 0 Å². The van der Waals surface area contributed by atoms with Crippen LogP contribution in [0.15, 0.2) is 54.4 Å². The zero-order chi connectivity index (χ0) is 20.8. The molecule has 4 rings (SSSR count). The first-order chi connectivity index (χ1) is 13.8. The minimum Gasteiger partial charge on any atom is -0.452 e. The topological polar surface area (TPSA) is 57.5 Å². The first kappa shape index (κ1) is 19.0. The monoisotopic (exact) mass is 389 g/mol. The Labute approximate surface area is 169 Å². The Morgan fingerprint density at radius 1 is 1.17 bits per heavy atom. The second-order valence-electron chi connectivity index (χ2n) is 8.12. The summed E-state index contributed by atoms with van der Waals surface area (Å²) in [7, 11) is 0. The zero-order valence-corrected chi connectivity index (χ0v) is 17.0. The highest BCUT2D eigenvalue weighted by molar-refractivity contribution is 6.15. The number of esters is 1. The summed E-state index contributed by atoms with van der Waals surface area (Å²) >= 11 is 0. The standard InChI is InChI=1S/C24H23NO4/c1-5-25-14-15(17-8-6-7-9-19(17)25)12-21-22(26)18-11-10-16(13-20(18)29-21)28-23(27)24(2,3)4/h6-14H,5H2,1-4H3. The molecule has 148 valence electrons. The summed E-state index contributed by atoms with van der Waals surface area (Å²) in [6, 6.07) is 12.9. The van der Waals surface area contributed by atoms with Crippen LogP contribution in [0.4, 0.5) is 0 Å². The lowest BCUT2D eigenvalue weighted by atomic mass is 9.97. The number of carbonyl (C=O) groups is 2. The summed E-state index contributed by atoms with van der Waals surface area (Å²) in [4.78, 5) is 24.9. The Morgan fingerprint density at radius 2 is 1.93 bits per heavy atom. The number of nitrogens with zero attached hydrogens (tertiary/aromatic N) is 1. The molecule has 3 aromatic rings. The van der Waals surface area contributed by atoms with E-state index in [1.54, 1.807) is 45.0 Å². The van der Waals surface area contributed by atoms with Gasteiger partial charge in [0.25, 0.3) is 0 Å². The third-order valence-electron chi connectivity index (χ3n) is 4.91. The van der Waals surface area contributed by atoms with Crippen LogP contribution in [0.1, 0.15) is 43.6 Å². The fourth-order valence-electron chi connectivity index (χ4n) is 3.28. The molecule has 29 heavy (non-hydrogen) atoms. The van der Waals surface area contributed by atoms with E-state index in [9.17, 15) is 9.59 Å². The molecular weight excluding hydrogens is 366 g/mol. The van der Waals surface area contributed by atoms with Crippen LogP contribution in [0, 0.1) is 5.41 Å². The molecule has 2 heterocycles. The highest BCUT2D eigenvalue weighted by Crippen LogP contribution is 2.36. The molecule has 0 radical (unpaired) electrons. The Kier molecular flexibility index (Phi) is 4.53. The molecule has 0 atom stereocenters. The molecule has 0 aliphatic carbocycles. The Balaban J connectivity index is 1.66. The number of ketones is 1. The molecule has 1 aliphatic heterocycles. The fourth-order valence-corrected chi connectivity index (χ4v) is 3.28. The summed E-state index contributed by atoms with van der Waals surface area (Å²) in [6.07, 6.45) is 3.80. The van der Waals surface area contributed by atoms with Crippen molar-refractivity contribution in [2.75, 3.05) is 0 Å². The minimum absolute atomic E-state index is 0.179. The van der Waals surface area contributed by atoms with E-state index in [1.807, 2.05) is 24.4 Å². The zero-order valence-electron chi connectivity index (χ0n) is 17.0. The van der Waals surface area contributed by atoms with Gasteiger partial charge in [-0.2, -0.15) is 0 Å². The van der Waals surface area contributed by atoms with Crippen LogP contribution in [-0.4, -0.2) is 16.3 Å². The fraction of sp³-hybridized carbons (Fsp3) is 0.250. The largest absolute Gasteiger partial charge is 0.452 e. The van der Waals surface area contributed by atoms with Crippen LogP contribution >= 0.6 is 0 Å².